The summed E-state index contributed by atoms with van der Waals surface area (Å²) in [5.74, 6) is 0.182. The Labute approximate surface area is 102 Å². The van der Waals surface area contributed by atoms with Crippen molar-refractivity contribution >= 4 is 15.6 Å². The molecule has 17 heavy (non-hydrogen) atoms. The van der Waals surface area contributed by atoms with E-state index in [4.69, 9.17) is 0 Å². The third-order valence-electron chi connectivity index (χ3n) is 2.36. The second-order valence-electron chi connectivity index (χ2n) is 4.09. The Kier molecular flexibility index (Phi) is 5.28. The molecule has 0 saturated carbocycles. The number of nitrogens with zero attached hydrogens (tertiary/aromatic N) is 1. The van der Waals surface area contributed by atoms with E-state index in [2.05, 4.69) is 4.98 Å². The molecule has 0 radical (unpaired) electrons. The van der Waals surface area contributed by atoms with E-state index in [-0.39, 0.29) is 11.5 Å². The SMILES string of the molecule is CS(=O)(=O)CCCC(=O)CCc1ccccn1. The molecule has 0 aromatic carbocycles. The van der Waals surface area contributed by atoms with E-state index in [1.165, 1.54) is 6.26 Å². The molecule has 1 aromatic heterocycles. The fourth-order valence-electron chi connectivity index (χ4n) is 1.47. The molecule has 94 valence electrons. The van der Waals surface area contributed by atoms with Gasteiger partial charge in [0.15, 0.2) is 0 Å². The minimum atomic E-state index is -2.95. The highest BCUT2D eigenvalue weighted by molar-refractivity contribution is 7.90. The van der Waals surface area contributed by atoms with Crippen molar-refractivity contribution < 1.29 is 13.2 Å². The van der Waals surface area contributed by atoms with Gasteiger partial charge in [-0.05, 0) is 25.0 Å². The number of pyridine rings is 1. The molecule has 0 aliphatic heterocycles. The largest absolute Gasteiger partial charge is 0.300 e. The molecule has 0 spiro atoms. The number of Topliss-reactive ketones (excluding diaryl/α,β-unsaturated/α-hetero) is 1. The van der Waals surface area contributed by atoms with E-state index >= 15 is 0 Å². The van der Waals surface area contributed by atoms with Crippen LogP contribution in [0.15, 0.2) is 24.4 Å². The van der Waals surface area contributed by atoms with Crippen LogP contribution in [-0.2, 0) is 21.1 Å². The summed E-state index contributed by atoms with van der Waals surface area (Å²) in [6.07, 6.45) is 4.69. The Morgan fingerprint density at radius 2 is 2.06 bits per heavy atom. The normalized spacial score (nSPS) is 11.4. The minimum Gasteiger partial charge on any atom is -0.300 e. The zero-order valence-corrected chi connectivity index (χ0v) is 10.7. The first-order valence-electron chi connectivity index (χ1n) is 5.57. The number of hydrogen-bond acceptors (Lipinski definition) is 4. The van der Waals surface area contributed by atoms with Crippen molar-refractivity contribution in [3.8, 4) is 0 Å². The van der Waals surface area contributed by atoms with E-state index < -0.39 is 9.84 Å². The fraction of sp³-hybridized carbons (Fsp3) is 0.500. The van der Waals surface area contributed by atoms with Crippen LogP contribution in [0, 0.1) is 0 Å². The molecule has 0 unspecified atom stereocenters. The van der Waals surface area contributed by atoms with Crippen LogP contribution in [0.2, 0.25) is 0 Å². The molecule has 0 fully saturated rings. The first-order valence-corrected chi connectivity index (χ1v) is 7.63. The van der Waals surface area contributed by atoms with Crippen molar-refractivity contribution in [2.45, 2.75) is 25.7 Å². The van der Waals surface area contributed by atoms with E-state index in [0.29, 0.717) is 25.7 Å². The average molecular weight is 255 g/mol. The number of hydrogen-bond donors (Lipinski definition) is 0. The third-order valence-corrected chi connectivity index (χ3v) is 3.39. The maximum Gasteiger partial charge on any atom is 0.147 e. The first-order chi connectivity index (χ1) is 7.97. The summed E-state index contributed by atoms with van der Waals surface area (Å²) in [5.41, 5.74) is 0.893. The number of carbonyl (C=O) groups is 1. The van der Waals surface area contributed by atoms with Gasteiger partial charge >= 0.3 is 0 Å². The highest BCUT2D eigenvalue weighted by Gasteiger charge is 2.06. The van der Waals surface area contributed by atoms with Crippen molar-refractivity contribution in [3.63, 3.8) is 0 Å². The second-order valence-corrected chi connectivity index (χ2v) is 6.35. The summed E-state index contributed by atoms with van der Waals surface area (Å²) in [6, 6.07) is 5.59. The summed E-state index contributed by atoms with van der Waals surface area (Å²) >= 11 is 0. The van der Waals surface area contributed by atoms with Gasteiger partial charge in [-0.15, -0.1) is 0 Å². The number of aromatic nitrogens is 1. The van der Waals surface area contributed by atoms with Gasteiger partial charge in [0.1, 0.15) is 15.6 Å². The van der Waals surface area contributed by atoms with Crippen LogP contribution in [-0.4, -0.2) is 31.2 Å². The van der Waals surface area contributed by atoms with Gasteiger partial charge in [0.25, 0.3) is 0 Å². The molecule has 0 N–H and O–H groups in total. The topological polar surface area (TPSA) is 64.1 Å². The Morgan fingerprint density at radius 1 is 1.29 bits per heavy atom. The number of carbonyl (C=O) groups excluding carboxylic acids is 1. The smallest absolute Gasteiger partial charge is 0.147 e. The maximum absolute atomic E-state index is 11.5. The summed E-state index contributed by atoms with van der Waals surface area (Å²) in [4.78, 5) is 15.6. The van der Waals surface area contributed by atoms with Crippen molar-refractivity contribution in [2.24, 2.45) is 0 Å². The highest BCUT2D eigenvalue weighted by Crippen LogP contribution is 2.03. The number of ketones is 1. The van der Waals surface area contributed by atoms with Crippen molar-refractivity contribution in [2.75, 3.05) is 12.0 Å². The molecule has 1 rings (SSSR count). The van der Waals surface area contributed by atoms with Gasteiger partial charge in [-0.3, -0.25) is 9.78 Å². The molecule has 0 atom stereocenters. The van der Waals surface area contributed by atoms with Gasteiger partial charge < -0.3 is 0 Å². The van der Waals surface area contributed by atoms with Gasteiger partial charge in [-0.2, -0.15) is 0 Å². The molecule has 0 saturated heterocycles. The predicted molar refractivity (Wildman–Crippen MR) is 66.5 cm³/mol. The Balaban J connectivity index is 2.22. The first kappa shape index (κ1) is 13.8. The van der Waals surface area contributed by atoms with Crippen LogP contribution in [0.4, 0.5) is 0 Å². The average Bonchev–Trinajstić information content (AvgIpc) is 2.26. The van der Waals surface area contributed by atoms with Gasteiger partial charge in [0.05, 0.1) is 5.75 Å². The van der Waals surface area contributed by atoms with Gasteiger partial charge in [0.2, 0.25) is 0 Å². The molecular weight excluding hydrogens is 238 g/mol. The van der Waals surface area contributed by atoms with E-state index in [9.17, 15) is 13.2 Å². The molecule has 0 aliphatic rings. The summed E-state index contributed by atoms with van der Waals surface area (Å²) < 4.78 is 21.7. The van der Waals surface area contributed by atoms with E-state index in [1.54, 1.807) is 6.20 Å². The van der Waals surface area contributed by atoms with Crippen LogP contribution >= 0.6 is 0 Å². The standard InChI is InChI=1S/C12H17NO3S/c1-17(15,16)10-4-6-12(14)8-7-11-5-2-3-9-13-11/h2-3,5,9H,4,6-8,10H2,1H3. The Morgan fingerprint density at radius 3 is 2.65 bits per heavy atom. The monoisotopic (exact) mass is 255 g/mol. The minimum absolute atomic E-state index is 0.0856. The Bertz CT molecular complexity index is 454. The van der Waals surface area contributed by atoms with E-state index in [0.717, 1.165) is 5.69 Å². The van der Waals surface area contributed by atoms with Crippen LogP contribution in [0.1, 0.15) is 25.0 Å². The zero-order chi connectivity index (χ0) is 12.7. The molecule has 1 aromatic rings. The molecule has 1 heterocycles. The number of rotatable bonds is 7. The van der Waals surface area contributed by atoms with Crippen LogP contribution in [0.5, 0.6) is 0 Å². The lowest BCUT2D eigenvalue weighted by Crippen LogP contribution is -2.07. The Hall–Kier alpha value is -1.23. The van der Waals surface area contributed by atoms with Crippen molar-refractivity contribution in [3.05, 3.63) is 30.1 Å². The predicted octanol–water partition coefficient (Wildman–Crippen LogP) is 1.41. The lowest BCUT2D eigenvalue weighted by atomic mass is 10.1. The van der Waals surface area contributed by atoms with Crippen molar-refractivity contribution in [1.82, 2.24) is 4.98 Å². The molecule has 5 heteroatoms. The summed E-state index contributed by atoms with van der Waals surface area (Å²) in [6.45, 7) is 0. The van der Waals surface area contributed by atoms with Crippen LogP contribution < -0.4 is 0 Å². The maximum atomic E-state index is 11.5. The second kappa shape index (κ2) is 6.49. The van der Waals surface area contributed by atoms with Crippen molar-refractivity contribution in [1.29, 1.82) is 0 Å². The fourth-order valence-corrected chi connectivity index (χ4v) is 2.14. The lowest BCUT2D eigenvalue weighted by molar-refractivity contribution is -0.119. The number of aryl methyl sites for hydroxylation is 1. The van der Waals surface area contributed by atoms with Crippen LogP contribution in [0.25, 0.3) is 0 Å². The summed E-state index contributed by atoms with van der Waals surface area (Å²) in [7, 11) is -2.95. The quantitative estimate of drug-likeness (QED) is 0.739. The van der Waals surface area contributed by atoms with Gasteiger partial charge in [-0.25, -0.2) is 8.42 Å². The highest BCUT2D eigenvalue weighted by atomic mass is 32.2. The molecule has 0 amide bonds. The third kappa shape index (κ3) is 6.84. The lowest BCUT2D eigenvalue weighted by Gasteiger charge is -2.00. The summed E-state index contributed by atoms with van der Waals surface area (Å²) in [5, 5.41) is 0. The van der Waals surface area contributed by atoms with Gasteiger partial charge in [-0.1, -0.05) is 6.07 Å². The van der Waals surface area contributed by atoms with E-state index in [1.807, 2.05) is 18.2 Å². The van der Waals surface area contributed by atoms with Crippen LogP contribution in [0.3, 0.4) is 0 Å². The molecule has 4 nitrogen and oxygen atoms in total. The zero-order valence-electron chi connectivity index (χ0n) is 9.93. The molecular formula is C12H17NO3S. The number of sulfone groups is 1. The van der Waals surface area contributed by atoms with Gasteiger partial charge in [0, 0.05) is 31.0 Å². The molecule has 0 aliphatic carbocycles. The molecule has 0 bridgehead atoms.